The van der Waals surface area contributed by atoms with Crippen molar-refractivity contribution < 1.29 is 0 Å². The molecule has 21 heavy (non-hydrogen) atoms. The van der Waals surface area contributed by atoms with Crippen molar-refractivity contribution in [3.8, 4) is 11.1 Å². The van der Waals surface area contributed by atoms with E-state index in [4.69, 9.17) is 28.9 Å². The lowest BCUT2D eigenvalue weighted by Gasteiger charge is -2.08. The quantitative estimate of drug-likeness (QED) is 0.742. The first-order valence-corrected chi connectivity index (χ1v) is 7.04. The highest BCUT2D eigenvalue weighted by molar-refractivity contribution is 6.35. The summed E-state index contributed by atoms with van der Waals surface area (Å²) in [7, 11) is 1.80. The van der Waals surface area contributed by atoms with Crippen LogP contribution < -0.4 is 11.1 Å². The normalized spacial score (nSPS) is 10.8. The van der Waals surface area contributed by atoms with E-state index in [0.717, 1.165) is 22.0 Å². The van der Waals surface area contributed by atoms with Crippen LogP contribution in [0.2, 0.25) is 10.0 Å². The highest BCUT2D eigenvalue weighted by Gasteiger charge is 2.08. The summed E-state index contributed by atoms with van der Waals surface area (Å²) in [4.78, 5) is 8.44. The average molecular weight is 319 g/mol. The predicted molar refractivity (Wildman–Crippen MR) is 89.0 cm³/mol. The Hall–Kier alpha value is -2.04. The number of rotatable bonds is 2. The van der Waals surface area contributed by atoms with E-state index in [1.807, 2.05) is 30.3 Å². The molecule has 0 bridgehead atoms. The van der Waals surface area contributed by atoms with Crippen molar-refractivity contribution in [1.29, 1.82) is 0 Å². The zero-order chi connectivity index (χ0) is 15.0. The van der Waals surface area contributed by atoms with Crippen LogP contribution in [-0.4, -0.2) is 17.0 Å². The van der Waals surface area contributed by atoms with E-state index in [-0.39, 0.29) is 5.95 Å². The van der Waals surface area contributed by atoms with Gasteiger partial charge in [0.1, 0.15) is 5.82 Å². The number of hydrogen-bond donors (Lipinski definition) is 2. The van der Waals surface area contributed by atoms with Crippen molar-refractivity contribution in [3.05, 3.63) is 46.4 Å². The van der Waals surface area contributed by atoms with Gasteiger partial charge in [0.25, 0.3) is 0 Å². The molecule has 4 nitrogen and oxygen atoms in total. The highest BCUT2D eigenvalue weighted by Crippen LogP contribution is 2.30. The van der Waals surface area contributed by atoms with Crippen LogP contribution >= 0.6 is 23.2 Å². The first-order chi connectivity index (χ1) is 10.1. The van der Waals surface area contributed by atoms with Crippen LogP contribution in [0.1, 0.15) is 0 Å². The molecule has 2 aromatic carbocycles. The third-order valence-corrected chi connectivity index (χ3v) is 3.58. The molecule has 3 N–H and O–H groups in total. The van der Waals surface area contributed by atoms with E-state index in [9.17, 15) is 0 Å². The average Bonchev–Trinajstić information content (AvgIpc) is 2.44. The number of hydrogen-bond acceptors (Lipinski definition) is 4. The molecule has 6 heteroatoms. The van der Waals surface area contributed by atoms with Crippen molar-refractivity contribution in [2.24, 2.45) is 0 Å². The lowest BCUT2D eigenvalue weighted by atomic mass is 10.0. The van der Waals surface area contributed by atoms with E-state index < -0.39 is 0 Å². The molecule has 0 saturated carbocycles. The molecule has 0 aliphatic heterocycles. The van der Waals surface area contributed by atoms with Gasteiger partial charge >= 0.3 is 0 Å². The number of nitrogen functional groups attached to an aromatic ring is 1. The van der Waals surface area contributed by atoms with Gasteiger partial charge in [-0.1, -0.05) is 29.3 Å². The number of aromatic nitrogens is 2. The maximum Gasteiger partial charge on any atom is 0.222 e. The minimum Gasteiger partial charge on any atom is -0.372 e. The largest absolute Gasteiger partial charge is 0.372 e. The molecule has 0 aliphatic carbocycles. The number of nitrogens with two attached hydrogens (primary N) is 1. The predicted octanol–water partition coefficient (Wildman–Crippen LogP) is 4.23. The fraction of sp³-hybridized carbons (Fsp3) is 0.0667. The van der Waals surface area contributed by atoms with Gasteiger partial charge in [0.15, 0.2) is 0 Å². The van der Waals surface area contributed by atoms with Gasteiger partial charge in [-0.05, 0) is 41.5 Å². The van der Waals surface area contributed by atoms with Crippen molar-refractivity contribution in [2.75, 3.05) is 18.1 Å². The maximum atomic E-state index is 6.05. The maximum absolute atomic E-state index is 6.05. The summed E-state index contributed by atoms with van der Waals surface area (Å²) in [5, 5.41) is 5.11. The van der Waals surface area contributed by atoms with Crippen LogP contribution in [0.15, 0.2) is 36.4 Å². The Morgan fingerprint density at radius 2 is 1.67 bits per heavy atom. The number of nitrogens with one attached hydrogen (secondary N) is 1. The lowest BCUT2D eigenvalue weighted by molar-refractivity contribution is 1.22. The lowest BCUT2D eigenvalue weighted by Crippen LogP contribution is -2.01. The molecular formula is C15H12Cl2N4. The second-order valence-electron chi connectivity index (χ2n) is 4.57. The first-order valence-electron chi connectivity index (χ1n) is 6.28. The second-order valence-corrected chi connectivity index (χ2v) is 5.44. The number of nitrogens with zero attached hydrogens (tertiary/aromatic N) is 2. The van der Waals surface area contributed by atoms with E-state index >= 15 is 0 Å². The van der Waals surface area contributed by atoms with Crippen LogP contribution in [0.5, 0.6) is 0 Å². The van der Waals surface area contributed by atoms with Crippen LogP contribution in [0.4, 0.5) is 11.8 Å². The van der Waals surface area contributed by atoms with Gasteiger partial charge in [-0.3, -0.25) is 0 Å². The molecule has 1 heterocycles. The Labute approximate surface area is 131 Å². The minimum absolute atomic E-state index is 0.230. The number of benzene rings is 2. The molecule has 0 aliphatic rings. The van der Waals surface area contributed by atoms with Crippen molar-refractivity contribution >= 4 is 45.9 Å². The van der Waals surface area contributed by atoms with Gasteiger partial charge < -0.3 is 11.1 Å². The molecular weight excluding hydrogens is 307 g/mol. The third kappa shape index (κ3) is 2.73. The molecule has 0 unspecified atom stereocenters. The zero-order valence-electron chi connectivity index (χ0n) is 11.2. The first kappa shape index (κ1) is 13.9. The molecule has 0 radical (unpaired) electrons. The number of fused-ring (bicyclic) bond motifs is 1. The molecule has 106 valence electrons. The van der Waals surface area contributed by atoms with E-state index in [0.29, 0.717) is 15.9 Å². The summed E-state index contributed by atoms with van der Waals surface area (Å²) in [5.74, 6) is 0.932. The fourth-order valence-electron chi connectivity index (χ4n) is 2.24. The highest BCUT2D eigenvalue weighted by atomic mass is 35.5. The van der Waals surface area contributed by atoms with E-state index in [1.54, 1.807) is 13.1 Å². The van der Waals surface area contributed by atoms with Crippen molar-refractivity contribution in [1.82, 2.24) is 9.97 Å². The topological polar surface area (TPSA) is 63.8 Å². The molecule has 0 amide bonds. The summed E-state index contributed by atoms with van der Waals surface area (Å²) in [6.45, 7) is 0. The van der Waals surface area contributed by atoms with Gasteiger partial charge in [-0.25, -0.2) is 4.98 Å². The minimum atomic E-state index is 0.230. The monoisotopic (exact) mass is 318 g/mol. The van der Waals surface area contributed by atoms with Crippen molar-refractivity contribution in [3.63, 3.8) is 0 Å². The Bertz CT molecular complexity index is 813. The number of anilines is 2. The Balaban J connectivity index is 2.21. The molecule has 0 atom stereocenters. The van der Waals surface area contributed by atoms with Crippen LogP contribution in [-0.2, 0) is 0 Å². The number of halogens is 2. The van der Waals surface area contributed by atoms with Crippen LogP contribution in [0.3, 0.4) is 0 Å². The summed E-state index contributed by atoms with van der Waals surface area (Å²) in [6.07, 6.45) is 0. The van der Waals surface area contributed by atoms with Gasteiger partial charge in [-0.2, -0.15) is 4.98 Å². The summed E-state index contributed by atoms with van der Waals surface area (Å²) < 4.78 is 0. The summed E-state index contributed by atoms with van der Waals surface area (Å²) in [6, 6.07) is 11.3. The Morgan fingerprint density at radius 1 is 0.952 bits per heavy atom. The van der Waals surface area contributed by atoms with Gasteiger partial charge in [0, 0.05) is 22.5 Å². The van der Waals surface area contributed by atoms with Crippen LogP contribution in [0, 0.1) is 0 Å². The summed E-state index contributed by atoms with van der Waals surface area (Å²) >= 11 is 12.1. The van der Waals surface area contributed by atoms with Gasteiger partial charge in [0.05, 0.1) is 5.52 Å². The zero-order valence-corrected chi connectivity index (χ0v) is 12.7. The molecule has 1 aromatic heterocycles. The SMILES string of the molecule is CNc1nc(N)nc2cc(-c3cc(Cl)cc(Cl)c3)ccc12. The van der Waals surface area contributed by atoms with Crippen molar-refractivity contribution in [2.45, 2.75) is 0 Å². The van der Waals surface area contributed by atoms with E-state index in [2.05, 4.69) is 15.3 Å². The standard InChI is InChI=1S/C15H12Cl2N4/c1-19-14-12-3-2-8(6-13(12)20-15(18)21-14)9-4-10(16)7-11(17)5-9/h2-7H,1H3,(H3,18,19,20,21). The van der Waals surface area contributed by atoms with Crippen LogP contribution in [0.25, 0.3) is 22.0 Å². The Kier molecular flexibility index (Phi) is 3.57. The molecule has 0 spiro atoms. The van der Waals surface area contributed by atoms with Gasteiger partial charge in [0.2, 0.25) is 5.95 Å². The van der Waals surface area contributed by atoms with Gasteiger partial charge in [-0.15, -0.1) is 0 Å². The molecule has 0 fully saturated rings. The second kappa shape index (κ2) is 5.39. The third-order valence-electron chi connectivity index (χ3n) is 3.15. The molecule has 0 saturated heterocycles. The Morgan fingerprint density at radius 3 is 2.33 bits per heavy atom. The smallest absolute Gasteiger partial charge is 0.222 e. The summed E-state index contributed by atoms with van der Waals surface area (Å²) in [5.41, 5.74) is 8.39. The fourth-order valence-corrected chi connectivity index (χ4v) is 2.76. The van der Waals surface area contributed by atoms with E-state index in [1.165, 1.54) is 0 Å². The molecule has 3 rings (SSSR count). The molecule has 3 aromatic rings.